The second-order valence-corrected chi connectivity index (χ2v) is 5.49. The number of aliphatic carboxylic acids is 1. The second-order valence-electron chi connectivity index (χ2n) is 5.49. The summed E-state index contributed by atoms with van der Waals surface area (Å²) >= 11 is 0. The summed E-state index contributed by atoms with van der Waals surface area (Å²) in [4.78, 5) is 23.5. The van der Waals surface area contributed by atoms with E-state index in [0.717, 1.165) is 12.8 Å². The maximum atomic E-state index is 12.2. The predicted molar refractivity (Wildman–Crippen MR) is 91.5 cm³/mol. The molecule has 0 bridgehead atoms. The van der Waals surface area contributed by atoms with Crippen LogP contribution in [0.4, 0.5) is 0 Å². The van der Waals surface area contributed by atoms with Crippen LogP contribution in [0.3, 0.4) is 0 Å². The molecule has 2 rings (SSSR count). The highest BCUT2D eigenvalue weighted by molar-refractivity contribution is 6.02. The van der Waals surface area contributed by atoms with Crippen LogP contribution in [-0.4, -0.2) is 17.0 Å². The van der Waals surface area contributed by atoms with E-state index in [1.54, 1.807) is 24.3 Å². The van der Waals surface area contributed by atoms with Crippen LogP contribution in [0.25, 0.3) is 6.08 Å². The smallest absolute Gasteiger partial charge is 0.352 e. The SMILES string of the molecule is CCCCCc1ccc(C(=O)NC(=Cc2ccco2)C(=O)O)cc1. The molecular formula is C19H21NO4. The van der Waals surface area contributed by atoms with E-state index in [1.807, 2.05) is 12.1 Å². The van der Waals surface area contributed by atoms with Crippen molar-refractivity contribution in [1.82, 2.24) is 5.32 Å². The molecule has 5 heteroatoms. The van der Waals surface area contributed by atoms with Gasteiger partial charge in [0, 0.05) is 11.6 Å². The van der Waals surface area contributed by atoms with Gasteiger partial charge in [-0.05, 0) is 42.7 Å². The highest BCUT2D eigenvalue weighted by Gasteiger charge is 2.14. The van der Waals surface area contributed by atoms with E-state index in [2.05, 4.69) is 12.2 Å². The summed E-state index contributed by atoms with van der Waals surface area (Å²) in [6.45, 7) is 2.16. The number of carboxylic acids is 1. The molecule has 2 N–H and O–H groups in total. The van der Waals surface area contributed by atoms with Crippen molar-refractivity contribution in [2.24, 2.45) is 0 Å². The van der Waals surface area contributed by atoms with E-state index in [1.165, 1.54) is 30.7 Å². The Hall–Kier alpha value is -2.82. The Balaban J connectivity index is 2.03. The number of unbranched alkanes of at least 4 members (excludes halogenated alkanes) is 2. The van der Waals surface area contributed by atoms with Crippen molar-refractivity contribution in [3.63, 3.8) is 0 Å². The number of carboxylic acid groups (broad SMARTS) is 1. The molecule has 0 atom stereocenters. The van der Waals surface area contributed by atoms with E-state index < -0.39 is 11.9 Å². The minimum atomic E-state index is -1.23. The Bertz CT molecular complexity index is 699. The number of carbonyl (C=O) groups excluding carboxylic acids is 1. The lowest BCUT2D eigenvalue weighted by atomic mass is 10.1. The molecule has 0 aliphatic heterocycles. The maximum absolute atomic E-state index is 12.2. The molecular weight excluding hydrogens is 306 g/mol. The molecule has 1 aromatic heterocycles. The van der Waals surface area contributed by atoms with Crippen LogP contribution >= 0.6 is 0 Å². The van der Waals surface area contributed by atoms with Gasteiger partial charge >= 0.3 is 5.97 Å². The fourth-order valence-electron chi connectivity index (χ4n) is 2.26. The molecule has 0 unspecified atom stereocenters. The van der Waals surface area contributed by atoms with Gasteiger partial charge in [-0.25, -0.2) is 4.79 Å². The first kappa shape index (κ1) is 17.5. The van der Waals surface area contributed by atoms with Crippen molar-refractivity contribution < 1.29 is 19.1 Å². The Morgan fingerprint density at radius 3 is 2.50 bits per heavy atom. The quantitative estimate of drug-likeness (QED) is 0.570. The molecule has 0 saturated carbocycles. The fourth-order valence-corrected chi connectivity index (χ4v) is 2.26. The van der Waals surface area contributed by atoms with Crippen molar-refractivity contribution in [3.8, 4) is 0 Å². The van der Waals surface area contributed by atoms with Gasteiger partial charge in [0.05, 0.1) is 6.26 Å². The molecule has 0 radical (unpaired) electrons. The van der Waals surface area contributed by atoms with Gasteiger partial charge in [-0.2, -0.15) is 0 Å². The first-order valence-corrected chi connectivity index (χ1v) is 7.99. The van der Waals surface area contributed by atoms with Gasteiger partial charge < -0.3 is 14.8 Å². The average molecular weight is 327 g/mol. The van der Waals surface area contributed by atoms with Gasteiger partial charge in [0.1, 0.15) is 11.5 Å². The van der Waals surface area contributed by atoms with Crippen molar-refractivity contribution in [1.29, 1.82) is 0 Å². The number of aryl methyl sites for hydroxylation is 1. The third kappa shape index (κ3) is 5.12. The van der Waals surface area contributed by atoms with Crippen molar-refractivity contribution in [2.45, 2.75) is 32.6 Å². The van der Waals surface area contributed by atoms with Crippen molar-refractivity contribution >= 4 is 18.0 Å². The number of hydrogen-bond acceptors (Lipinski definition) is 3. The lowest BCUT2D eigenvalue weighted by Crippen LogP contribution is -2.27. The highest BCUT2D eigenvalue weighted by atomic mass is 16.4. The molecule has 1 heterocycles. The number of rotatable bonds is 8. The summed E-state index contributed by atoms with van der Waals surface area (Å²) < 4.78 is 5.07. The van der Waals surface area contributed by atoms with Crippen LogP contribution in [0.5, 0.6) is 0 Å². The molecule has 0 spiro atoms. The Morgan fingerprint density at radius 2 is 1.92 bits per heavy atom. The van der Waals surface area contributed by atoms with E-state index >= 15 is 0 Å². The summed E-state index contributed by atoms with van der Waals surface area (Å²) in [7, 11) is 0. The largest absolute Gasteiger partial charge is 0.477 e. The maximum Gasteiger partial charge on any atom is 0.352 e. The summed E-state index contributed by atoms with van der Waals surface area (Å²) in [6.07, 6.45) is 7.16. The lowest BCUT2D eigenvalue weighted by molar-refractivity contribution is -0.132. The summed E-state index contributed by atoms with van der Waals surface area (Å²) in [5.41, 5.74) is 1.35. The standard InChI is InChI=1S/C19H21NO4/c1-2-3-4-6-14-8-10-15(11-9-14)18(21)20-17(19(22)23)13-16-7-5-12-24-16/h5,7-13H,2-4,6H2,1H3,(H,20,21)(H,22,23). The van der Waals surface area contributed by atoms with Gasteiger partial charge in [-0.15, -0.1) is 0 Å². The molecule has 0 fully saturated rings. The van der Waals surface area contributed by atoms with E-state index in [-0.39, 0.29) is 5.70 Å². The van der Waals surface area contributed by atoms with Crippen LogP contribution in [-0.2, 0) is 11.2 Å². The van der Waals surface area contributed by atoms with Crippen LogP contribution in [0, 0.1) is 0 Å². The zero-order valence-electron chi connectivity index (χ0n) is 13.6. The third-order valence-electron chi connectivity index (χ3n) is 3.59. The number of hydrogen-bond donors (Lipinski definition) is 2. The van der Waals surface area contributed by atoms with Gasteiger partial charge in [-0.3, -0.25) is 4.79 Å². The average Bonchev–Trinajstić information content (AvgIpc) is 3.08. The molecule has 0 aliphatic carbocycles. The molecule has 126 valence electrons. The summed E-state index contributed by atoms with van der Waals surface area (Å²) in [5.74, 6) is -1.33. The fraction of sp³-hybridized carbons (Fsp3) is 0.263. The minimum absolute atomic E-state index is 0.234. The molecule has 1 aromatic carbocycles. The Morgan fingerprint density at radius 1 is 1.17 bits per heavy atom. The van der Waals surface area contributed by atoms with Gasteiger partial charge in [0.15, 0.2) is 0 Å². The lowest BCUT2D eigenvalue weighted by Gasteiger charge is -2.07. The highest BCUT2D eigenvalue weighted by Crippen LogP contribution is 2.11. The van der Waals surface area contributed by atoms with Crippen LogP contribution in [0.2, 0.25) is 0 Å². The van der Waals surface area contributed by atoms with Gasteiger partial charge in [-0.1, -0.05) is 31.9 Å². The molecule has 5 nitrogen and oxygen atoms in total. The minimum Gasteiger partial charge on any atom is -0.477 e. The number of nitrogens with one attached hydrogen (secondary N) is 1. The summed E-state index contributed by atoms with van der Waals surface area (Å²) in [5, 5.41) is 11.6. The topological polar surface area (TPSA) is 79.5 Å². The van der Waals surface area contributed by atoms with E-state index in [4.69, 9.17) is 4.42 Å². The number of furan rings is 1. The molecule has 0 aliphatic rings. The zero-order valence-corrected chi connectivity index (χ0v) is 13.6. The van der Waals surface area contributed by atoms with Crippen molar-refractivity contribution in [2.75, 3.05) is 0 Å². The molecule has 0 saturated heterocycles. The normalized spacial score (nSPS) is 11.3. The van der Waals surface area contributed by atoms with E-state index in [0.29, 0.717) is 11.3 Å². The first-order valence-electron chi connectivity index (χ1n) is 7.99. The van der Waals surface area contributed by atoms with Crippen LogP contribution in [0.15, 0.2) is 52.8 Å². The monoisotopic (exact) mass is 327 g/mol. The van der Waals surface area contributed by atoms with Crippen molar-refractivity contribution in [3.05, 3.63) is 65.2 Å². The number of benzene rings is 1. The zero-order chi connectivity index (χ0) is 17.4. The molecule has 24 heavy (non-hydrogen) atoms. The molecule has 2 aromatic rings. The van der Waals surface area contributed by atoms with Gasteiger partial charge in [0.25, 0.3) is 5.91 Å². The van der Waals surface area contributed by atoms with Gasteiger partial charge in [0.2, 0.25) is 0 Å². The van der Waals surface area contributed by atoms with Crippen LogP contribution in [0.1, 0.15) is 47.9 Å². The number of amides is 1. The van der Waals surface area contributed by atoms with E-state index in [9.17, 15) is 14.7 Å². The Labute approximate surface area is 141 Å². The molecule has 1 amide bonds. The predicted octanol–water partition coefficient (Wildman–Crippen LogP) is 3.87. The summed E-state index contributed by atoms with van der Waals surface area (Å²) in [6, 6.07) is 10.5. The first-order chi connectivity index (χ1) is 11.6. The third-order valence-corrected chi connectivity index (χ3v) is 3.59. The van der Waals surface area contributed by atoms with Crippen LogP contribution < -0.4 is 5.32 Å². The Kier molecular flexibility index (Phi) is 6.37. The number of carbonyl (C=O) groups is 2. The second kappa shape index (κ2) is 8.72.